The highest BCUT2D eigenvalue weighted by molar-refractivity contribution is 5.96. The van der Waals surface area contributed by atoms with Crippen LogP contribution in [0.15, 0.2) is 18.2 Å². The Hall–Kier alpha value is -1.53. The number of rotatable bonds is 3. The number of Topliss-reactive ketones (excluding diaryl/α,β-unsaturated/α-hetero) is 1. The van der Waals surface area contributed by atoms with Gasteiger partial charge in [-0.15, -0.1) is 12.4 Å². The summed E-state index contributed by atoms with van der Waals surface area (Å²) >= 11 is 0. The fraction of sp³-hybridized carbons (Fsp3) is 0.417. The molecule has 0 saturated carbocycles. The zero-order valence-corrected chi connectivity index (χ0v) is 11.2. The Morgan fingerprint density at radius 1 is 1.47 bits per heavy atom. The van der Waals surface area contributed by atoms with Crippen LogP contribution in [0.1, 0.15) is 23.8 Å². The van der Waals surface area contributed by atoms with Crippen LogP contribution in [0.25, 0.3) is 0 Å². The van der Waals surface area contributed by atoms with Crippen LogP contribution < -0.4 is 10.6 Å². The summed E-state index contributed by atoms with van der Waals surface area (Å²) < 4.78 is 12.9. The van der Waals surface area contributed by atoms with Gasteiger partial charge in [0.05, 0.1) is 6.04 Å². The van der Waals surface area contributed by atoms with E-state index in [4.69, 9.17) is 0 Å². The summed E-state index contributed by atoms with van der Waals surface area (Å²) in [4.78, 5) is 26.9. The van der Waals surface area contributed by atoms with Crippen LogP contribution in [0.2, 0.25) is 0 Å². The molecule has 2 unspecified atom stereocenters. The lowest BCUT2D eigenvalue weighted by Crippen LogP contribution is -2.35. The van der Waals surface area contributed by atoms with Crippen molar-refractivity contribution in [1.82, 2.24) is 10.3 Å². The maximum atomic E-state index is 12.9. The van der Waals surface area contributed by atoms with Gasteiger partial charge in [0.15, 0.2) is 5.78 Å². The van der Waals surface area contributed by atoms with Crippen LogP contribution in [0.3, 0.4) is 0 Å². The van der Waals surface area contributed by atoms with E-state index in [1.54, 1.807) is 18.2 Å². The Bertz CT molecular complexity index is 484. The molecule has 2 rings (SSSR count). The molecule has 2 heterocycles. The molecule has 1 aliphatic rings. The van der Waals surface area contributed by atoms with Gasteiger partial charge in [0, 0.05) is 19.9 Å². The van der Waals surface area contributed by atoms with Crippen molar-refractivity contribution in [2.75, 3.05) is 11.9 Å². The number of carbonyl (C=O) groups excluding carboxylic acids is 2. The van der Waals surface area contributed by atoms with E-state index in [2.05, 4.69) is 15.6 Å². The van der Waals surface area contributed by atoms with Gasteiger partial charge in [-0.1, -0.05) is 6.07 Å². The van der Waals surface area contributed by atoms with Crippen LogP contribution in [0, 0.1) is 0 Å². The molecule has 7 heteroatoms. The summed E-state index contributed by atoms with van der Waals surface area (Å²) in [7, 11) is 0. The van der Waals surface area contributed by atoms with Crippen LogP contribution in [-0.2, 0) is 4.79 Å². The summed E-state index contributed by atoms with van der Waals surface area (Å²) in [6, 6.07) is 4.26. The highest BCUT2D eigenvalue weighted by Gasteiger charge is 2.29. The number of hydrogen-bond acceptors (Lipinski definition) is 4. The number of halogens is 2. The first-order valence-electron chi connectivity index (χ1n) is 5.72. The number of nitrogens with one attached hydrogen (secondary N) is 2. The molecule has 1 aliphatic heterocycles. The second-order valence-electron chi connectivity index (χ2n) is 4.25. The fourth-order valence-corrected chi connectivity index (χ4v) is 1.81. The van der Waals surface area contributed by atoms with Crippen molar-refractivity contribution in [1.29, 1.82) is 0 Å². The zero-order chi connectivity index (χ0) is 13.1. The number of pyridine rings is 1. The van der Waals surface area contributed by atoms with Crippen molar-refractivity contribution in [3.63, 3.8) is 0 Å². The van der Waals surface area contributed by atoms with Crippen LogP contribution in [-0.4, -0.2) is 35.4 Å². The molecular weight excluding hydrogens is 273 g/mol. The molecule has 0 radical (unpaired) electrons. The molecule has 0 spiro atoms. The molecule has 1 amide bonds. The average molecular weight is 288 g/mol. The maximum Gasteiger partial charge on any atom is 0.242 e. The third-order valence-corrected chi connectivity index (χ3v) is 2.75. The molecule has 0 aliphatic carbocycles. The monoisotopic (exact) mass is 287 g/mol. The van der Waals surface area contributed by atoms with E-state index in [1.807, 2.05) is 0 Å². The highest BCUT2D eigenvalue weighted by atomic mass is 35.5. The van der Waals surface area contributed by atoms with Crippen molar-refractivity contribution in [3.05, 3.63) is 23.9 Å². The minimum absolute atomic E-state index is 0. The topological polar surface area (TPSA) is 71.1 Å². The third kappa shape index (κ3) is 3.97. The molecule has 1 fully saturated rings. The van der Waals surface area contributed by atoms with E-state index in [1.165, 1.54) is 6.92 Å². The molecule has 0 bridgehead atoms. The van der Waals surface area contributed by atoms with Gasteiger partial charge in [-0.25, -0.2) is 9.37 Å². The normalized spacial score (nSPS) is 21.6. The van der Waals surface area contributed by atoms with Gasteiger partial charge in [0.2, 0.25) is 5.91 Å². The Morgan fingerprint density at radius 2 is 2.21 bits per heavy atom. The molecule has 104 valence electrons. The summed E-state index contributed by atoms with van der Waals surface area (Å²) in [6.07, 6.45) is -0.824. The predicted octanol–water partition coefficient (Wildman–Crippen LogP) is 1.34. The van der Waals surface area contributed by atoms with Gasteiger partial charge in [0.1, 0.15) is 17.7 Å². The number of hydrogen-bond donors (Lipinski definition) is 2. The number of aromatic nitrogens is 1. The molecule has 1 saturated heterocycles. The second kappa shape index (κ2) is 6.58. The summed E-state index contributed by atoms with van der Waals surface area (Å²) in [5.74, 6) is -0.200. The van der Waals surface area contributed by atoms with Crippen molar-refractivity contribution in [2.24, 2.45) is 0 Å². The molecule has 19 heavy (non-hydrogen) atoms. The SMILES string of the molecule is CC(=O)c1cccc(NC(=O)C2CC(F)CN2)n1.Cl. The Kier molecular flexibility index (Phi) is 5.38. The van der Waals surface area contributed by atoms with Gasteiger partial charge in [-0.2, -0.15) is 0 Å². The van der Waals surface area contributed by atoms with E-state index in [9.17, 15) is 14.0 Å². The zero-order valence-electron chi connectivity index (χ0n) is 10.4. The first-order chi connectivity index (χ1) is 8.56. The Morgan fingerprint density at radius 3 is 2.79 bits per heavy atom. The number of nitrogens with zero attached hydrogens (tertiary/aromatic N) is 1. The minimum atomic E-state index is -0.989. The smallest absolute Gasteiger partial charge is 0.242 e. The number of ketones is 1. The highest BCUT2D eigenvalue weighted by Crippen LogP contribution is 2.12. The Labute approximate surface area is 116 Å². The largest absolute Gasteiger partial charge is 0.309 e. The van der Waals surface area contributed by atoms with E-state index < -0.39 is 12.2 Å². The fourth-order valence-electron chi connectivity index (χ4n) is 1.81. The minimum Gasteiger partial charge on any atom is -0.309 e. The first-order valence-corrected chi connectivity index (χ1v) is 5.72. The van der Waals surface area contributed by atoms with Crippen molar-refractivity contribution < 1.29 is 14.0 Å². The van der Waals surface area contributed by atoms with Crippen LogP contribution in [0.5, 0.6) is 0 Å². The quantitative estimate of drug-likeness (QED) is 0.823. The van der Waals surface area contributed by atoms with E-state index in [0.717, 1.165) is 0 Å². The maximum absolute atomic E-state index is 12.9. The average Bonchev–Trinajstić information content (AvgIpc) is 2.76. The number of carbonyl (C=O) groups is 2. The van der Waals surface area contributed by atoms with Crippen molar-refractivity contribution >= 4 is 29.9 Å². The Balaban J connectivity index is 0.00000180. The molecule has 2 N–H and O–H groups in total. The molecule has 1 aromatic rings. The standard InChI is InChI=1S/C12H14FN3O2.ClH/c1-7(17)9-3-2-4-11(15-9)16-12(18)10-5-8(13)6-14-10;/h2-4,8,10,14H,5-6H2,1H3,(H,15,16,18);1H. The predicted molar refractivity (Wildman–Crippen MR) is 71.4 cm³/mol. The van der Waals surface area contributed by atoms with Crippen LogP contribution >= 0.6 is 12.4 Å². The van der Waals surface area contributed by atoms with Gasteiger partial charge in [-0.05, 0) is 12.1 Å². The lowest BCUT2D eigenvalue weighted by atomic mass is 10.2. The molecule has 0 aromatic carbocycles. The third-order valence-electron chi connectivity index (χ3n) is 2.75. The summed E-state index contributed by atoms with van der Waals surface area (Å²) in [6.45, 7) is 1.60. The lowest BCUT2D eigenvalue weighted by Gasteiger charge is -2.10. The summed E-state index contributed by atoms with van der Waals surface area (Å²) in [5, 5.41) is 5.35. The van der Waals surface area contributed by atoms with Gasteiger partial charge in [-0.3, -0.25) is 9.59 Å². The van der Waals surface area contributed by atoms with E-state index in [0.29, 0.717) is 5.82 Å². The van der Waals surface area contributed by atoms with Crippen molar-refractivity contribution in [3.8, 4) is 0 Å². The molecule has 5 nitrogen and oxygen atoms in total. The number of alkyl halides is 1. The van der Waals surface area contributed by atoms with Crippen molar-refractivity contribution in [2.45, 2.75) is 25.6 Å². The van der Waals surface area contributed by atoms with Gasteiger partial charge < -0.3 is 10.6 Å². The molecular formula is C12H15ClFN3O2. The molecule has 1 aromatic heterocycles. The second-order valence-corrected chi connectivity index (χ2v) is 4.25. The lowest BCUT2D eigenvalue weighted by molar-refractivity contribution is -0.117. The molecule has 2 atom stereocenters. The van der Waals surface area contributed by atoms with Gasteiger partial charge in [0.25, 0.3) is 0 Å². The van der Waals surface area contributed by atoms with Gasteiger partial charge >= 0.3 is 0 Å². The van der Waals surface area contributed by atoms with E-state index >= 15 is 0 Å². The van der Waals surface area contributed by atoms with Crippen LogP contribution in [0.4, 0.5) is 10.2 Å². The summed E-state index contributed by atoms with van der Waals surface area (Å²) in [5.41, 5.74) is 0.288. The number of amides is 1. The van der Waals surface area contributed by atoms with E-state index in [-0.39, 0.29) is 42.8 Å². The first kappa shape index (κ1) is 15.5. The number of anilines is 1.